The second kappa shape index (κ2) is 1.72. The summed E-state index contributed by atoms with van der Waals surface area (Å²) in [6.45, 7) is 0. The third-order valence-electron chi connectivity index (χ3n) is 2.28. The van der Waals surface area contributed by atoms with Crippen LogP contribution in [-0.2, 0) is 4.79 Å². The van der Waals surface area contributed by atoms with Crippen molar-refractivity contribution in [1.29, 1.82) is 0 Å². The van der Waals surface area contributed by atoms with Crippen LogP contribution in [0.25, 0.3) is 0 Å². The molecule has 1 amide bonds. The molecule has 3 N–H and O–H groups in total. The highest BCUT2D eigenvalue weighted by Crippen LogP contribution is 2.38. The zero-order chi connectivity index (χ0) is 7.19. The summed E-state index contributed by atoms with van der Waals surface area (Å²) in [5.41, 5.74) is 4.93. The number of rotatable bonds is 3. The van der Waals surface area contributed by atoms with Crippen LogP contribution in [0.5, 0.6) is 0 Å². The fourth-order valence-corrected chi connectivity index (χ4v) is 1.21. The average Bonchev–Trinajstić information content (AvgIpc) is 2.65. The predicted molar refractivity (Wildman–Crippen MR) is 37.3 cm³/mol. The van der Waals surface area contributed by atoms with Crippen molar-refractivity contribution in [2.45, 2.75) is 37.3 Å². The fraction of sp³-hybridized carbons (Fsp3) is 0.857. The van der Waals surface area contributed by atoms with E-state index in [4.69, 9.17) is 5.73 Å². The van der Waals surface area contributed by atoms with Crippen LogP contribution in [0.3, 0.4) is 0 Å². The molecule has 2 fully saturated rings. The molecule has 2 aliphatic carbocycles. The molecule has 0 bridgehead atoms. The van der Waals surface area contributed by atoms with E-state index in [1.807, 2.05) is 0 Å². The van der Waals surface area contributed by atoms with Crippen LogP contribution in [0.1, 0.15) is 25.7 Å². The zero-order valence-corrected chi connectivity index (χ0v) is 5.89. The molecule has 3 heteroatoms. The molecule has 0 unspecified atom stereocenters. The molecule has 2 rings (SSSR count). The highest BCUT2D eigenvalue weighted by Gasteiger charge is 2.50. The van der Waals surface area contributed by atoms with Crippen LogP contribution in [0.2, 0.25) is 0 Å². The van der Waals surface area contributed by atoms with E-state index in [0.29, 0.717) is 6.04 Å². The number of amides is 1. The first-order valence-electron chi connectivity index (χ1n) is 3.81. The van der Waals surface area contributed by atoms with Gasteiger partial charge < -0.3 is 11.1 Å². The number of nitrogens with two attached hydrogens (primary N) is 1. The Hall–Kier alpha value is -0.570. The molecule has 0 aliphatic heterocycles. The summed E-state index contributed by atoms with van der Waals surface area (Å²) < 4.78 is 0. The largest absolute Gasteiger partial charge is 0.368 e. The number of hydrogen-bond donors (Lipinski definition) is 2. The highest BCUT2D eigenvalue weighted by atomic mass is 16.1. The van der Waals surface area contributed by atoms with Gasteiger partial charge in [0.05, 0.1) is 5.54 Å². The monoisotopic (exact) mass is 140 g/mol. The van der Waals surface area contributed by atoms with E-state index in [2.05, 4.69) is 5.32 Å². The molecule has 0 spiro atoms. The molecule has 0 saturated heterocycles. The molecule has 0 radical (unpaired) electrons. The maximum atomic E-state index is 10.8. The summed E-state index contributed by atoms with van der Waals surface area (Å²) in [4.78, 5) is 10.8. The standard InChI is InChI=1S/C7H12N2O/c8-6(10)7(3-4-7)9-5-1-2-5/h5,9H,1-4H2,(H2,8,10). The quantitative estimate of drug-likeness (QED) is 0.568. The van der Waals surface area contributed by atoms with Crippen molar-refractivity contribution >= 4 is 5.91 Å². The maximum absolute atomic E-state index is 10.8. The van der Waals surface area contributed by atoms with Gasteiger partial charge >= 0.3 is 0 Å². The summed E-state index contributed by atoms with van der Waals surface area (Å²) in [6.07, 6.45) is 4.32. The third kappa shape index (κ3) is 0.904. The number of carbonyl (C=O) groups excluding carboxylic acids is 1. The molecule has 3 nitrogen and oxygen atoms in total. The van der Waals surface area contributed by atoms with E-state index in [0.717, 1.165) is 12.8 Å². The summed E-state index contributed by atoms with van der Waals surface area (Å²) >= 11 is 0. The zero-order valence-electron chi connectivity index (χ0n) is 5.89. The molecule has 2 saturated carbocycles. The van der Waals surface area contributed by atoms with Crippen molar-refractivity contribution in [3.8, 4) is 0 Å². The van der Waals surface area contributed by atoms with Crippen LogP contribution in [0.4, 0.5) is 0 Å². The first kappa shape index (κ1) is 6.16. The molecule has 0 atom stereocenters. The van der Waals surface area contributed by atoms with Gasteiger partial charge in [-0.05, 0) is 25.7 Å². The first-order valence-corrected chi connectivity index (χ1v) is 3.81. The molecule has 0 aromatic heterocycles. The number of hydrogen-bond acceptors (Lipinski definition) is 2. The second-order valence-corrected chi connectivity index (χ2v) is 3.36. The van der Waals surface area contributed by atoms with Crippen molar-refractivity contribution in [3.05, 3.63) is 0 Å². The minimum atomic E-state index is -0.277. The van der Waals surface area contributed by atoms with Gasteiger partial charge in [-0.2, -0.15) is 0 Å². The molecule has 10 heavy (non-hydrogen) atoms. The SMILES string of the molecule is NC(=O)C1(NC2CC2)CC1. The third-order valence-corrected chi connectivity index (χ3v) is 2.28. The van der Waals surface area contributed by atoms with Gasteiger partial charge in [-0.1, -0.05) is 0 Å². The number of primary amides is 1. The highest BCUT2D eigenvalue weighted by molar-refractivity contribution is 5.87. The van der Waals surface area contributed by atoms with E-state index >= 15 is 0 Å². The van der Waals surface area contributed by atoms with Crippen LogP contribution < -0.4 is 11.1 Å². The van der Waals surface area contributed by atoms with E-state index in [-0.39, 0.29) is 11.4 Å². The average molecular weight is 140 g/mol. The van der Waals surface area contributed by atoms with Gasteiger partial charge in [-0.15, -0.1) is 0 Å². The Morgan fingerprint density at radius 2 is 2.10 bits per heavy atom. The Balaban J connectivity index is 1.93. The summed E-state index contributed by atoms with van der Waals surface area (Å²) in [5, 5.41) is 3.27. The van der Waals surface area contributed by atoms with Crippen LogP contribution in [0.15, 0.2) is 0 Å². The fourth-order valence-electron chi connectivity index (χ4n) is 1.21. The van der Waals surface area contributed by atoms with E-state index in [9.17, 15) is 4.79 Å². The lowest BCUT2D eigenvalue weighted by molar-refractivity contribution is -0.121. The molecule has 56 valence electrons. The normalized spacial score (nSPS) is 28.0. The smallest absolute Gasteiger partial charge is 0.237 e. The maximum Gasteiger partial charge on any atom is 0.237 e. The van der Waals surface area contributed by atoms with Crippen molar-refractivity contribution in [3.63, 3.8) is 0 Å². The lowest BCUT2D eigenvalue weighted by atomic mass is 10.2. The van der Waals surface area contributed by atoms with Crippen LogP contribution in [0, 0.1) is 0 Å². The summed E-state index contributed by atoms with van der Waals surface area (Å²) in [7, 11) is 0. The van der Waals surface area contributed by atoms with E-state index in [1.54, 1.807) is 0 Å². The van der Waals surface area contributed by atoms with Crippen LogP contribution in [-0.4, -0.2) is 17.5 Å². The van der Waals surface area contributed by atoms with Crippen molar-refractivity contribution < 1.29 is 4.79 Å². The van der Waals surface area contributed by atoms with Crippen molar-refractivity contribution in [2.75, 3.05) is 0 Å². The molecule has 0 aromatic carbocycles. The van der Waals surface area contributed by atoms with Gasteiger partial charge in [0, 0.05) is 6.04 Å². The Morgan fingerprint density at radius 3 is 2.40 bits per heavy atom. The molecule has 0 heterocycles. The number of nitrogens with one attached hydrogen (secondary N) is 1. The molecule has 2 aliphatic rings. The number of carbonyl (C=O) groups is 1. The van der Waals surface area contributed by atoms with E-state index in [1.165, 1.54) is 12.8 Å². The second-order valence-electron chi connectivity index (χ2n) is 3.36. The van der Waals surface area contributed by atoms with Gasteiger partial charge in [0.2, 0.25) is 5.91 Å². The Kier molecular flexibility index (Phi) is 1.06. The molecular formula is C7H12N2O. The van der Waals surface area contributed by atoms with E-state index < -0.39 is 0 Å². The van der Waals surface area contributed by atoms with Gasteiger partial charge in [-0.3, -0.25) is 4.79 Å². The van der Waals surface area contributed by atoms with Gasteiger partial charge in [0.1, 0.15) is 0 Å². The Bertz CT molecular complexity index is 170. The van der Waals surface area contributed by atoms with Crippen molar-refractivity contribution in [1.82, 2.24) is 5.32 Å². The minimum Gasteiger partial charge on any atom is -0.368 e. The molecular weight excluding hydrogens is 128 g/mol. The van der Waals surface area contributed by atoms with Gasteiger partial charge in [0.15, 0.2) is 0 Å². The van der Waals surface area contributed by atoms with Crippen molar-refractivity contribution in [2.24, 2.45) is 5.73 Å². The molecule has 0 aromatic rings. The predicted octanol–water partition coefficient (Wildman–Crippen LogP) is -0.244. The lowest BCUT2D eigenvalue weighted by Crippen LogP contribution is -2.44. The minimum absolute atomic E-state index is 0.167. The first-order chi connectivity index (χ1) is 4.73. The Morgan fingerprint density at radius 1 is 1.50 bits per heavy atom. The van der Waals surface area contributed by atoms with Gasteiger partial charge in [0.25, 0.3) is 0 Å². The topological polar surface area (TPSA) is 55.1 Å². The van der Waals surface area contributed by atoms with Crippen LogP contribution >= 0.6 is 0 Å². The lowest BCUT2D eigenvalue weighted by Gasteiger charge is -2.11. The van der Waals surface area contributed by atoms with Gasteiger partial charge in [-0.25, -0.2) is 0 Å². The summed E-state index contributed by atoms with van der Waals surface area (Å²) in [6, 6.07) is 0.593. The Labute approximate surface area is 60.0 Å². The summed E-state index contributed by atoms with van der Waals surface area (Å²) in [5.74, 6) is -0.167.